The molecule has 0 rings (SSSR count). The van der Waals surface area contributed by atoms with E-state index < -0.39 is 0 Å². The van der Waals surface area contributed by atoms with Crippen LogP contribution >= 0.6 is 0 Å². The van der Waals surface area contributed by atoms with Gasteiger partial charge in [-0.2, -0.15) is 0 Å². The maximum Gasteiger partial charge on any atom is 0.311 e. The van der Waals surface area contributed by atoms with Crippen LogP contribution in [-0.4, -0.2) is 19.1 Å². The Morgan fingerprint density at radius 3 is 2.46 bits per heavy atom. The summed E-state index contributed by atoms with van der Waals surface area (Å²) >= 11 is 0. The van der Waals surface area contributed by atoms with Crippen LogP contribution in [0, 0.1) is 5.41 Å². The van der Waals surface area contributed by atoms with Gasteiger partial charge in [0.2, 0.25) is 0 Å². The first-order valence-corrected chi connectivity index (χ1v) is 4.92. The molecule has 0 atom stereocenters. The van der Waals surface area contributed by atoms with E-state index >= 15 is 0 Å². The highest BCUT2D eigenvalue weighted by molar-refractivity contribution is 5.75. The first-order valence-electron chi connectivity index (χ1n) is 4.92. The van der Waals surface area contributed by atoms with Crippen LogP contribution in [0.3, 0.4) is 0 Å². The van der Waals surface area contributed by atoms with Gasteiger partial charge in [0.1, 0.15) is 0 Å². The van der Waals surface area contributed by atoms with Crippen molar-refractivity contribution in [3.8, 4) is 0 Å². The molecule has 0 aromatic heterocycles. The zero-order chi connectivity index (χ0) is 10.3. The number of hydrogen-bond acceptors (Lipinski definition) is 3. The van der Waals surface area contributed by atoms with Crippen LogP contribution in [0.15, 0.2) is 0 Å². The van der Waals surface area contributed by atoms with Crippen LogP contribution in [-0.2, 0) is 9.53 Å². The molecular formula is C10H21NO2. The van der Waals surface area contributed by atoms with Gasteiger partial charge in [0, 0.05) is 0 Å². The van der Waals surface area contributed by atoms with Crippen molar-refractivity contribution >= 4 is 5.97 Å². The maximum absolute atomic E-state index is 11.4. The fourth-order valence-corrected chi connectivity index (χ4v) is 0.751. The highest BCUT2D eigenvalue weighted by atomic mass is 16.5. The topological polar surface area (TPSA) is 52.3 Å². The molecule has 0 saturated carbocycles. The van der Waals surface area contributed by atoms with Crippen molar-refractivity contribution in [1.82, 2.24) is 0 Å². The molecule has 0 aliphatic heterocycles. The van der Waals surface area contributed by atoms with Crippen LogP contribution < -0.4 is 5.73 Å². The first-order chi connectivity index (χ1) is 6.04. The number of carbonyl (C=O) groups excluding carboxylic acids is 1. The molecule has 0 amide bonds. The molecule has 0 heterocycles. The summed E-state index contributed by atoms with van der Waals surface area (Å²) in [5.41, 5.74) is 4.97. The number of carbonyl (C=O) groups is 1. The Bertz CT molecular complexity index is 155. The maximum atomic E-state index is 11.4. The summed E-state index contributed by atoms with van der Waals surface area (Å²) in [6, 6.07) is 0. The molecule has 0 fully saturated rings. The number of rotatable bonds is 6. The normalized spacial score (nSPS) is 11.4. The lowest BCUT2D eigenvalue weighted by atomic mass is 9.91. The zero-order valence-electron chi connectivity index (χ0n) is 8.93. The third-order valence-corrected chi connectivity index (χ3v) is 2.27. The van der Waals surface area contributed by atoms with E-state index in [4.69, 9.17) is 10.5 Å². The minimum Gasteiger partial charge on any atom is -0.465 e. The molecule has 0 aliphatic carbocycles. The van der Waals surface area contributed by atoms with Crippen molar-refractivity contribution < 1.29 is 9.53 Å². The predicted octanol–water partition coefficient (Wildman–Crippen LogP) is 1.70. The van der Waals surface area contributed by atoms with Crippen molar-refractivity contribution in [2.24, 2.45) is 11.1 Å². The molecule has 2 N–H and O–H groups in total. The molecule has 0 spiro atoms. The highest BCUT2D eigenvalue weighted by Crippen LogP contribution is 2.21. The van der Waals surface area contributed by atoms with Crippen LogP contribution in [0.1, 0.15) is 40.0 Å². The molecule has 78 valence electrons. The van der Waals surface area contributed by atoms with Crippen molar-refractivity contribution in [3.05, 3.63) is 0 Å². The molecule has 0 aliphatic rings. The summed E-state index contributed by atoms with van der Waals surface area (Å²) in [6.45, 7) is 6.95. The predicted molar refractivity (Wildman–Crippen MR) is 53.3 cm³/mol. The van der Waals surface area contributed by atoms with Crippen LogP contribution in [0.25, 0.3) is 0 Å². The largest absolute Gasteiger partial charge is 0.465 e. The molecule has 0 saturated heterocycles. The molecule has 13 heavy (non-hydrogen) atoms. The van der Waals surface area contributed by atoms with Gasteiger partial charge in [0.25, 0.3) is 0 Å². The standard InChI is InChI=1S/C10H21NO2/c1-4-10(2,3)9(12)13-8-6-5-7-11/h4-8,11H2,1-3H3. The number of hydrogen-bond donors (Lipinski definition) is 1. The summed E-state index contributed by atoms with van der Waals surface area (Å²) in [5, 5.41) is 0. The van der Waals surface area contributed by atoms with Crippen LogP contribution in [0.4, 0.5) is 0 Å². The Kier molecular flexibility index (Phi) is 5.71. The Morgan fingerprint density at radius 2 is 2.00 bits per heavy atom. The van der Waals surface area contributed by atoms with Crippen LogP contribution in [0.2, 0.25) is 0 Å². The van der Waals surface area contributed by atoms with Gasteiger partial charge < -0.3 is 10.5 Å². The van der Waals surface area contributed by atoms with Crippen LogP contribution in [0.5, 0.6) is 0 Å². The highest BCUT2D eigenvalue weighted by Gasteiger charge is 2.26. The smallest absolute Gasteiger partial charge is 0.311 e. The van der Waals surface area contributed by atoms with Gasteiger partial charge in [-0.05, 0) is 39.7 Å². The molecule has 3 heteroatoms. The van der Waals surface area contributed by atoms with E-state index in [2.05, 4.69) is 0 Å². The van der Waals surface area contributed by atoms with Crippen molar-refractivity contribution in [2.75, 3.05) is 13.2 Å². The first kappa shape index (κ1) is 12.4. The van der Waals surface area contributed by atoms with E-state index in [1.807, 2.05) is 20.8 Å². The number of nitrogens with two attached hydrogens (primary N) is 1. The fraction of sp³-hybridized carbons (Fsp3) is 0.900. The molecular weight excluding hydrogens is 166 g/mol. The lowest BCUT2D eigenvalue weighted by molar-refractivity contribution is -0.154. The second kappa shape index (κ2) is 5.97. The molecule has 0 aromatic rings. The molecule has 0 radical (unpaired) electrons. The van der Waals surface area contributed by atoms with Gasteiger partial charge in [-0.3, -0.25) is 4.79 Å². The van der Waals surface area contributed by atoms with Crippen molar-refractivity contribution in [1.29, 1.82) is 0 Å². The van der Waals surface area contributed by atoms with E-state index in [1.54, 1.807) is 0 Å². The summed E-state index contributed by atoms with van der Waals surface area (Å²) in [7, 11) is 0. The van der Waals surface area contributed by atoms with E-state index in [-0.39, 0.29) is 11.4 Å². The lowest BCUT2D eigenvalue weighted by Crippen LogP contribution is -2.26. The minimum atomic E-state index is -0.345. The van der Waals surface area contributed by atoms with Gasteiger partial charge in [-0.15, -0.1) is 0 Å². The van der Waals surface area contributed by atoms with Gasteiger partial charge in [0.05, 0.1) is 12.0 Å². The Morgan fingerprint density at radius 1 is 1.38 bits per heavy atom. The summed E-state index contributed by atoms with van der Waals surface area (Å²) < 4.78 is 5.11. The Hall–Kier alpha value is -0.570. The fourth-order valence-electron chi connectivity index (χ4n) is 0.751. The monoisotopic (exact) mass is 187 g/mol. The van der Waals surface area contributed by atoms with Gasteiger partial charge in [0.15, 0.2) is 0 Å². The molecule has 0 unspecified atom stereocenters. The zero-order valence-corrected chi connectivity index (χ0v) is 8.93. The van der Waals surface area contributed by atoms with E-state index in [9.17, 15) is 4.79 Å². The van der Waals surface area contributed by atoms with E-state index in [0.29, 0.717) is 13.2 Å². The quantitative estimate of drug-likeness (QED) is 0.508. The summed E-state index contributed by atoms with van der Waals surface area (Å²) in [4.78, 5) is 11.4. The Labute approximate surface area is 80.6 Å². The third-order valence-electron chi connectivity index (χ3n) is 2.27. The second-order valence-corrected chi connectivity index (χ2v) is 3.87. The average molecular weight is 187 g/mol. The van der Waals surface area contributed by atoms with Gasteiger partial charge in [-0.1, -0.05) is 6.92 Å². The molecule has 0 bridgehead atoms. The van der Waals surface area contributed by atoms with Gasteiger partial charge in [-0.25, -0.2) is 0 Å². The van der Waals surface area contributed by atoms with E-state index in [1.165, 1.54) is 0 Å². The number of esters is 1. The minimum absolute atomic E-state index is 0.105. The van der Waals surface area contributed by atoms with Gasteiger partial charge >= 0.3 is 5.97 Å². The van der Waals surface area contributed by atoms with Crippen molar-refractivity contribution in [2.45, 2.75) is 40.0 Å². The lowest BCUT2D eigenvalue weighted by Gasteiger charge is -2.20. The third kappa shape index (κ3) is 4.88. The SMILES string of the molecule is CCC(C)(C)C(=O)OCCCCN. The number of ether oxygens (including phenoxy) is 1. The van der Waals surface area contributed by atoms with Crippen molar-refractivity contribution in [3.63, 3.8) is 0 Å². The second-order valence-electron chi connectivity index (χ2n) is 3.87. The summed E-state index contributed by atoms with van der Waals surface area (Å²) in [6.07, 6.45) is 2.59. The van der Waals surface area contributed by atoms with E-state index in [0.717, 1.165) is 19.3 Å². The summed E-state index contributed by atoms with van der Waals surface area (Å²) in [5.74, 6) is -0.105. The molecule has 0 aromatic carbocycles. The number of unbranched alkanes of at least 4 members (excludes halogenated alkanes) is 1. The molecule has 3 nitrogen and oxygen atoms in total. The Balaban J connectivity index is 3.62. The average Bonchev–Trinajstić information content (AvgIpc) is 2.12.